The van der Waals surface area contributed by atoms with Gasteiger partial charge in [-0.15, -0.1) is 0 Å². The first-order chi connectivity index (χ1) is 14.7. The van der Waals surface area contributed by atoms with Gasteiger partial charge in [0.05, 0.1) is 10.6 Å². The minimum Gasteiger partial charge on any atom is -0.508 e. The average molecular weight is 448 g/mol. The third-order valence-electron chi connectivity index (χ3n) is 4.27. The van der Waals surface area contributed by atoms with Gasteiger partial charge in [-0.2, -0.15) is 0 Å². The number of carboxylic acid groups (broad SMARTS) is 1. The van der Waals surface area contributed by atoms with Crippen LogP contribution in [0.5, 0.6) is 5.75 Å². The molecule has 164 valence electrons. The largest absolute Gasteiger partial charge is 0.508 e. The summed E-state index contributed by atoms with van der Waals surface area (Å²) in [6.07, 6.45) is 0.182. The molecule has 0 aliphatic heterocycles. The summed E-state index contributed by atoms with van der Waals surface area (Å²) in [7, 11) is 0. The summed E-state index contributed by atoms with van der Waals surface area (Å²) in [5, 5.41) is 26.0. The molecule has 0 aliphatic carbocycles. The number of amides is 3. The zero-order chi connectivity index (χ0) is 23.0. The Hall–Kier alpha value is -3.59. The number of carboxylic acids is 1. The van der Waals surface area contributed by atoms with Crippen LogP contribution < -0.4 is 16.0 Å². The fraction of sp³-hybridized carbons (Fsp3) is 0.238. The number of carbonyl (C=O) groups excluding carboxylic acids is 3. The molecule has 0 radical (unpaired) electrons. The Labute approximate surface area is 183 Å². The van der Waals surface area contributed by atoms with Crippen LogP contribution >= 0.6 is 11.6 Å². The fourth-order valence-corrected chi connectivity index (χ4v) is 2.83. The molecule has 1 unspecified atom stereocenters. The van der Waals surface area contributed by atoms with Crippen molar-refractivity contribution in [1.82, 2.24) is 16.0 Å². The van der Waals surface area contributed by atoms with Crippen molar-refractivity contribution in [2.24, 2.45) is 0 Å². The zero-order valence-corrected chi connectivity index (χ0v) is 17.4. The second-order valence-corrected chi connectivity index (χ2v) is 6.98. The summed E-state index contributed by atoms with van der Waals surface area (Å²) in [4.78, 5) is 47.4. The predicted molar refractivity (Wildman–Crippen MR) is 113 cm³/mol. The maximum atomic E-state index is 12.4. The third kappa shape index (κ3) is 7.00. The van der Waals surface area contributed by atoms with Crippen molar-refractivity contribution in [1.29, 1.82) is 0 Å². The van der Waals surface area contributed by atoms with E-state index >= 15 is 0 Å². The van der Waals surface area contributed by atoms with Gasteiger partial charge < -0.3 is 26.2 Å². The molecule has 9 nitrogen and oxygen atoms in total. The van der Waals surface area contributed by atoms with Crippen LogP contribution in [-0.2, 0) is 16.1 Å². The standard InChI is InChI=1S/C21H22ClN3O6/c1-2-18(27)23-11-17(21(30)31)25-20(29)15-7-6-13(9-16(15)22)19(28)24-10-12-4-3-5-14(26)8-12/h3-9,17,26H,2,10-11H2,1H3,(H,23,27)(H,24,28)(H,25,29)(H,30,31). The highest BCUT2D eigenvalue weighted by molar-refractivity contribution is 6.34. The first-order valence-corrected chi connectivity index (χ1v) is 9.75. The molecule has 2 aromatic rings. The van der Waals surface area contributed by atoms with Crippen molar-refractivity contribution in [3.05, 3.63) is 64.2 Å². The Morgan fingerprint density at radius 3 is 2.39 bits per heavy atom. The summed E-state index contributed by atoms with van der Waals surface area (Å²) in [5.74, 6) is -2.78. The number of hydrogen-bond acceptors (Lipinski definition) is 5. The lowest BCUT2D eigenvalue weighted by Gasteiger charge is -2.16. The normalized spacial score (nSPS) is 11.3. The van der Waals surface area contributed by atoms with Crippen molar-refractivity contribution < 1.29 is 29.4 Å². The molecular formula is C21H22ClN3O6. The second kappa shape index (κ2) is 11.0. The summed E-state index contributed by atoms with van der Waals surface area (Å²) in [6.45, 7) is 1.52. The van der Waals surface area contributed by atoms with Gasteiger partial charge in [0.2, 0.25) is 5.91 Å². The van der Waals surface area contributed by atoms with E-state index in [0.29, 0.717) is 5.56 Å². The second-order valence-electron chi connectivity index (χ2n) is 6.57. The molecule has 0 bridgehead atoms. The molecule has 0 aliphatic rings. The minimum absolute atomic E-state index is 0.0146. The van der Waals surface area contributed by atoms with Crippen LogP contribution in [0.15, 0.2) is 42.5 Å². The third-order valence-corrected chi connectivity index (χ3v) is 4.58. The maximum Gasteiger partial charge on any atom is 0.328 e. The summed E-state index contributed by atoms with van der Waals surface area (Å²) >= 11 is 6.13. The van der Waals surface area contributed by atoms with Crippen LogP contribution in [-0.4, -0.2) is 46.5 Å². The number of hydrogen-bond donors (Lipinski definition) is 5. The molecule has 0 aromatic heterocycles. The van der Waals surface area contributed by atoms with E-state index in [0.717, 1.165) is 0 Å². The number of aromatic hydroxyl groups is 1. The van der Waals surface area contributed by atoms with Crippen molar-refractivity contribution in [3.63, 3.8) is 0 Å². The van der Waals surface area contributed by atoms with E-state index in [-0.39, 0.29) is 47.3 Å². The lowest BCUT2D eigenvalue weighted by molar-refractivity contribution is -0.139. The van der Waals surface area contributed by atoms with E-state index < -0.39 is 23.8 Å². The predicted octanol–water partition coefficient (Wildman–Crippen LogP) is 1.68. The molecule has 5 N–H and O–H groups in total. The molecule has 0 heterocycles. The summed E-state index contributed by atoms with van der Waals surface area (Å²) < 4.78 is 0. The number of nitrogens with one attached hydrogen (secondary N) is 3. The average Bonchev–Trinajstić information content (AvgIpc) is 2.74. The van der Waals surface area contributed by atoms with Gasteiger partial charge in [-0.1, -0.05) is 30.7 Å². The zero-order valence-electron chi connectivity index (χ0n) is 16.6. The van der Waals surface area contributed by atoms with Gasteiger partial charge in [-0.05, 0) is 35.9 Å². The number of carbonyl (C=O) groups is 4. The number of halogens is 1. The topological polar surface area (TPSA) is 145 Å². The van der Waals surface area contributed by atoms with Crippen LogP contribution in [0, 0.1) is 0 Å². The summed E-state index contributed by atoms with van der Waals surface area (Å²) in [5.41, 5.74) is 0.885. The lowest BCUT2D eigenvalue weighted by atomic mass is 10.1. The first-order valence-electron chi connectivity index (χ1n) is 9.37. The van der Waals surface area contributed by atoms with Crippen molar-refractivity contribution in [3.8, 4) is 5.75 Å². The maximum absolute atomic E-state index is 12.4. The Morgan fingerprint density at radius 2 is 1.77 bits per heavy atom. The lowest BCUT2D eigenvalue weighted by Crippen LogP contribution is -2.48. The van der Waals surface area contributed by atoms with Crippen LogP contribution in [0.4, 0.5) is 0 Å². The van der Waals surface area contributed by atoms with E-state index in [1.54, 1.807) is 19.1 Å². The molecule has 0 saturated carbocycles. The van der Waals surface area contributed by atoms with Gasteiger partial charge >= 0.3 is 5.97 Å². The molecule has 0 fully saturated rings. The molecule has 2 aromatic carbocycles. The number of benzene rings is 2. The van der Waals surface area contributed by atoms with Gasteiger partial charge in [0.1, 0.15) is 11.8 Å². The Bertz CT molecular complexity index is 995. The monoisotopic (exact) mass is 447 g/mol. The number of aliphatic carboxylic acids is 1. The van der Waals surface area contributed by atoms with Gasteiger partial charge in [0.25, 0.3) is 11.8 Å². The van der Waals surface area contributed by atoms with Gasteiger partial charge in [-0.3, -0.25) is 14.4 Å². The van der Waals surface area contributed by atoms with Crippen LogP contribution in [0.1, 0.15) is 39.6 Å². The Morgan fingerprint density at radius 1 is 1.03 bits per heavy atom. The fourth-order valence-electron chi connectivity index (χ4n) is 2.57. The summed E-state index contributed by atoms with van der Waals surface area (Å²) in [6, 6.07) is 9.07. The highest BCUT2D eigenvalue weighted by Gasteiger charge is 2.23. The molecular weight excluding hydrogens is 426 g/mol. The van der Waals surface area contributed by atoms with E-state index in [4.69, 9.17) is 11.6 Å². The molecule has 2 rings (SSSR count). The highest BCUT2D eigenvalue weighted by atomic mass is 35.5. The quantitative estimate of drug-likeness (QED) is 0.395. The Balaban J connectivity index is 2.02. The number of phenolic OH excluding ortho intramolecular Hbond substituents is 1. The van der Waals surface area contributed by atoms with Crippen LogP contribution in [0.2, 0.25) is 5.02 Å². The number of rotatable bonds is 9. The Kier molecular flexibility index (Phi) is 8.39. The molecule has 1 atom stereocenters. The SMILES string of the molecule is CCC(=O)NCC(NC(=O)c1ccc(C(=O)NCc2cccc(O)c2)cc1Cl)C(=O)O. The molecule has 3 amide bonds. The van der Waals surface area contributed by atoms with Gasteiger partial charge in [0, 0.05) is 25.1 Å². The number of phenols is 1. The van der Waals surface area contributed by atoms with E-state index in [1.807, 2.05) is 0 Å². The molecule has 10 heteroatoms. The minimum atomic E-state index is -1.34. The van der Waals surface area contributed by atoms with Crippen molar-refractivity contribution in [2.45, 2.75) is 25.9 Å². The van der Waals surface area contributed by atoms with E-state index in [9.17, 15) is 29.4 Å². The van der Waals surface area contributed by atoms with E-state index in [1.165, 1.54) is 30.3 Å². The van der Waals surface area contributed by atoms with Crippen LogP contribution in [0.25, 0.3) is 0 Å². The van der Waals surface area contributed by atoms with E-state index in [2.05, 4.69) is 16.0 Å². The molecule has 0 saturated heterocycles. The van der Waals surface area contributed by atoms with Crippen molar-refractivity contribution in [2.75, 3.05) is 6.54 Å². The van der Waals surface area contributed by atoms with Crippen molar-refractivity contribution >= 4 is 35.3 Å². The molecule has 0 spiro atoms. The highest BCUT2D eigenvalue weighted by Crippen LogP contribution is 2.18. The molecule has 31 heavy (non-hydrogen) atoms. The van der Waals surface area contributed by atoms with Crippen LogP contribution in [0.3, 0.4) is 0 Å². The smallest absolute Gasteiger partial charge is 0.328 e. The van der Waals surface area contributed by atoms with Gasteiger partial charge in [-0.25, -0.2) is 4.79 Å². The van der Waals surface area contributed by atoms with Gasteiger partial charge in [0.15, 0.2) is 0 Å². The first kappa shape index (κ1) is 23.7.